The van der Waals surface area contributed by atoms with Crippen LogP contribution in [0.15, 0.2) is 4.42 Å². The number of aromatic nitrogens is 2. The number of rotatable bonds is 4. The Morgan fingerprint density at radius 3 is 2.47 bits per heavy atom. The standard InChI is InChI=1S/C18H27N5O8S/c1-18(2,3)30-17(25)21-9-5-4-6-12(21)14-19-20-15(29-14)13-8-7-11-10-22(13)16(24)23(11)31-32(26,27)28/h11-13H,4-10H2,1-3H3,(H,26,27,28)/t11-,12+,13+/m1/s1. The number of fused-ring (bicyclic) bond motifs is 2. The number of hydroxylamine groups is 2. The SMILES string of the molecule is CC(C)(C)OC(=O)N1CCCC[C@H]1c1nnc([C@@H]2CC[C@@H]3CN2C(=O)N3OS(=O)(=O)O)o1. The molecule has 3 amide bonds. The smallest absolute Gasteiger partial charge is 0.418 e. The Balaban J connectivity index is 1.51. The van der Waals surface area contributed by atoms with Crippen molar-refractivity contribution in [1.82, 2.24) is 25.1 Å². The normalized spacial score (nSPS) is 26.6. The molecule has 0 saturated carbocycles. The highest BCUT2D eigenvalue weighted by molar-refractivity contribution is 7.80. The van der Waals surface area contributed by atoms with Gasteiger partial charge >= 0.3 is 22.5 Å². The van der Waals surface area contributed by atoms with Crippen LogP contribution in [0.2, 0.25) is 0 Å². The Labute approximate surface area is 185 Å². The third-order valence-corrected chi connectivity index (χ3v) is 6.00. The predicted molar refractivity (Wildman–Crippen MR) is 106 cm³/mol. The molecule has 0 aromatic carbocycles. The molecule has 1 aromatic heterocycles. The van der Waals surface area contributed by atoms with Crippen LogP contribution in [0.3, 0.4) is 0 Å². The zero-order chi connectivity index (χ0) is 23.3. The van der Waals surface area contributed by atoms with Crippen LogP contribution in [0.25, 0.3) is 0 Å². The Morgan fingerprint density at radius 1 is 1.12 bits per heavy atom. The topological polar surface area (TPSA) is 156 Å². The molecule has 178 valence electrons. The molecule has 4 heterocycles. The molecule has 3 aliphatic heterocycles. The Morgan fingerprint density at radius 2 is 1.81 bits per heavy atom. The third-order valence-electron chi connectivity index (χ3n) is 5.65. The molecule has 13 nitrogen and oxygen atoms in total. The van der Waals surface area contributed by atoms with E-state index in [0.717, 1.165) is 12.8 Å². The van der Waals surface area contributed by atoms with E-state index in [9.17, 15) is 18.0 Å². The fourth-order valence-corrected chi connectivity index (χ4v) is 4.72. The fourth-order valence-electron chi connectivity index (χ4n) is 4.33. The second kappa shape index (κ2) is 8.15. The van der Waals surface area contributed by atoms with Crippen LogP contribution in [0, 0.1) is 0 Å². The summed E-state index contributed by atoms with van der Waals surface area (Å²) in [6, 6.07) is -2.20. The minimum absolute atomic E-state index is 0.199. The molecule has 1 aromatic rings. The Bertz CT molecular complexity index is 990. The monoisotopic (exact) mass is 473 g/mol. The number of likely N-dealkylation sites (tertiary alicyclic amines) is 1. The van der Waals surface area contributed by atoms with E-state index in [0.29, 0.717) is 30.9 Å². The molecule has 14 heteroatoms. The lowest BCUT2D eigenvalue weighted by atomic mass is 10.0. The molecule has 0 radical (unpaired) electrons. The van der Waals surface area contributed by atoms with E-state index in [1.807, 2.05) is 0 Å². The van der Waals surface area contributed by atoms with Gasteiger partial charge in [-0.05, 0) is 52.9 Å². The van der Waals surface area contributed by atoms with Gasteiger partial charge in [-0.1, -0.05) is 0 Å². The summed E-state index contributed by atoms with van der Waals surface area (Å²) in [4.78, 5) is 28.3. The van der Waals surface area contributed by atoms with E-state index in [2.05, 4.69) is 14.5 Å². The lowest BCUT2D eigenvalue weighted by Crippen LogP contribution is -2.42. The zero-order valence-electron chi connectivity index (χ0n) is 18.1. The van der Waals surface area contributed by atoms with Gasteiger partial charge in [0.25, 0.3) is 0 Å². The number of carbonyl (C=O) groups is 2. The van der Waals surface area contributed by atoms with E-state index in [-0.39, 0.29) is 18.3 Å². The molecule has 3 atom stereocenters. The highest BCUT2D eigenvalue weighted by Crippen LogP contribution is 2.39. The second-order valence-corrected chi connectivity index (χ2v) is 10.2. The van der Waals surface area contributed by atoms with Crippen molar-refractivity contribution in [3.05, 3.63) is 11.8 Å². The molecule has 32 heavy (non-hydrogen) atoms. The van der Waals surface area contributed by atoms with Crippen LogP contribution in [0.5, 0.6) is 0 Å². The number of ether oxygens (including phenoxy) is 1. The number of nitrogens with zero attached hydrogens (tertiary/aromatic N) is 5. The number of urea groups is 1. The van der Waals surface area contributed by atoms with Crippen LogP contribution < -0.4 is 0 Å². The van der Waals surface area contributed by atoms with E-state index in [1.54, 1.807) is 25.7 Å². The number of hydrogen-bond acceptors (Lipinski definition) is 9. The highest BCUT2D eigenvalue weighted by Gasteiger charge is 2.49. The predicted octanol–water partition coefficient (Wildman–Crippen LogP) is 2.21. The molecule has 1 N–H and O–H groups in total. The minimum Gasteiger partial charge on any atom is -0.444 e. The summed E-state index contributed by atoms with van der Waals surface area (Å²) in [7, 11) is -4.82. The summed E-state index contributed by atoms with van der Waals surface area (Å²) < 4.78 is 46.9. The lowest BCUT2D eigenvalue weighted by Gasteiger charge is -2.34. The van der Waals surface area contributed by atoms with Crippen molar-refractivity contribution in [3.63, 3.8) is 0 Å². The average Bonchev–Trinajstić information content (AvgIpc) is 3.26. The summed E-state index contributed by atoms with van der Waals surface area (Å²) in [5, 5.41) is 8.93. The molecule has 4 rings (SSSR count). The van der Waals surface area contributed by atoms with Crippen molar-refractivity contribution in [1.29, 1.82) is 0 Å². The van der Waals surface area contributed by atoms with E-state index < -0.39 is 46.2 Å². The maximum atomic E-state index is 12.7. The summed E-state index contributed by atoms with van der Waals surface area (Å²) in [6.07, 6.45) is 2.80. The summed E-state index contributed by atoms with van der Waals surface area (Å²) >= 11 is 0. The van der Waals surface area contributed by atoms with Gasteiger partial charge in [-0.3, -0.25) is 9.45 Å². The largest absolute Gasteiger partial charge is 0.444 e. The fraction of sp³-hybridized carbons (Fsp3) is 0.778. The van der Waals surface area contributed by atoms with Crippen molar-refractivity contribution in [2.24, 2.45) is 0 Å². The maximum Gasteiger partial charge on any atom is 0.418 e. The molecule has 0 spiro atoms. The number of hydrogen-bond donors (Lipinski definition) is 1. The van der Waals surface area contributed by atoms with Gasteiger partial charge in [-0.2, -0.15) is 13.5 Å². The molecule has 2 bridgehead atoms. The van der Waals surface area contributed by atoms with Crippen molar-refractivity contribution < 1.29 is 36.0 Å². The van der Waals surface area contributed by atoms with Crippen molar-refractivity contribution >= 4 is 22.5 Å². The first-order chi connectivity index (χ1) is 14.9. The second-order valence-electron chi connectivity index (χ2n) is 9.17. The van der Waals surface area contributed by atoms with Gasteiger partial charge in [-0.15, -0.1) is 14.5 Å². The average molecular weight is 474 g/mol. The van der Waals surface area contributed by atoms with Crippen LogP contribution in [0.1, 0.15) is 76.7 Å². The molecule has 3 fully saturated rings. The van der Waals surface area contributed by atoms with Crippen LogP contribution in [0.4, 0.5) is 9.59 Å². The number of carbonyl (C=O) groups excluding carboxylic acids is 2. The summed E-state index contributed by atoms with van der Waals surface area (Å²) in [5.74, 6) is 0.473. The van der Waals surface area contributed by atoms with Gasteiger partial charge < -0.3 is 14.1 Å². The summed E-state index contributed by atoms with van der Waals surface area (Å²) in [5.41, 5.74) is -0.635. The van der Waals surface area contributed by atoms with Gasteiger partial charge in [0.15, 0.2) is 0 Å². The third kappa shape index (κ3) is 4.66. The zero-order valence-corrected chi connectivity index (χ0v) is 18.9. The van der Waals surface area contributed by atoms with Gasteiger partial charge in [0.05, 0.1) is 6.04 Å². The van der Waals surface area contributed by atoms with Gasteiger partial charge in [0.2, 0.25) is 11.8 Å². The maximum absolute atomic E-state index is 12.7. The minimum atomic E-state index is -4.82. The first-order valence-corrected chi connectivity index (χ1v) is 11.9. The molecule has 3 aliphatic rings. The van der Waals surface area contributed by atoms with Crippen LogP contribution >= 0.6 is 0 Å². The highest BCUT2D eigenvalue weighted by atomic mass is 32.3. The number of amides is 3. The van der Waals surface area contributed by atoms with E-state index in [4.69, 9.17) is 13.7 Å². The molecule has 0 aliphatic carbocycles. The summed E-state index contributed by atoms with van der Waals surface area (Å²) in [6.45, 7) is 6.10. The quantitative estimate of drug-likeness (QED) is 0.643. The van der Waals surface area contributed by atoms with E-state index in [1.165, 1.54) is 4.90 Å². The molecular formula is C18H27N5O8S. The lowest BCUT2D eigenvalue weighted by molar-refractivity contribution is -0.0317. The molecule has 0 unspecified atom stereocenters. The molecular weight excluding hydrogens is 446 g/mol. The van der Waals surface area contributed by atoms with Gasteiger partial charge in [0, 0.05) is 13.1 Å². The first-order valence-electron chi connectivity index (χ1n) is 10.5. The van der Waals surface area contributed by atoms with Crippen molar-refractivity contribution in [2.45, 2.75) is 76.6 Å². The first kappa shape index (κ1) is 22.7. The van der Waals surface area contributed by atoms with Gasteiger partial charge in [-0.25, -0.2) is 9.59 Å². The van der Waals surface area contributed by atoms with Crippen molar-refractivity contribution in [3.8, 4) is 0 Å². The van der Waals surface area contributed by atoms with Crippen LogP contribution in [-0.2, 0) is 19.4 Å². The Hall–Kier alpha value is -2.45. The Kier molecular flexibility index (Phi) is 5.79. The molecule has 3 saturated heterocycles. The van der Waals surface area contributed by atoms with Crippen molar-refractivity contribution in [2.75, 3.05) is 13.1 Å². The van der Waals surface area contributed by atoms with Gasteiger partial charge in [0.1, 0.15) is 17.7 Å². The van der Waals surface area contributed by atoms with E-state index >= 15 is 0 Å². The van der Waals surface area contributed by atoms with Crippen LogP contribution in [-0.4, -0.2) is 74.9 Å². The number of piperidine rings is 2.